The molecule has 1 saturated heterocycles. The first-order valence-electron chi connectivity index (χ1n) is 5.71. The average molecular weight is 319 g/mol. The summed E-state index contributed by atoms with van der Waals surface area (Å²) < 4.78 is 0.969. The van der Waals surface area contributed by atoms with E-state index in [0.29, 0.717) is 17.0 Å². The fraction of sp³-hybridized carbons (Fsp3) is 0.583. The molecule has 1 aromatic rings. The molecular formula is C12H17BrClN3. The minimum absolute atomic E-state index is 0.583. The molecule has 94 valence electrons. The third-order valence-electron chi connectivity index (χ3n) is 3.32. The molecule has 0 radical (unpaired) electrons. The lowest BCUT2D eigenvalue weighted by molar-refractivity contribution is 0.266. The predicted molar refractivity (Wildman–Crippen MR) is 75.8 cm³/mol. The normalized spacial score (nSPS) is 24.7. The summed E-state index contributed by atoms with van der Waals surface area (Å²) in [5, 5.41) is 0.664. The Bertz CT molecular complexity index is 411. The molecular weight excluding hydrogens is 302 g/mol. The summed E-state index contributed by atoms with van der Waals surface area (Å²) in [4.78, 5) is 9.02. The third kappa shape index (κ3) is 2.75. The van der Waals surface area contributed by atoms with Gasteiger partial charge in [0.05, 0.1) is 9.50 Å². The molecule has 1 fully saturated rings. The van der Waals surface area contributed by atoms with E-state index >= 15 is 0 Å². The van der Waals surface area contributed by atoms with Gasteiger partial charge in [0.25, 0.3) is 0 Å². The highest BCUT2D eigenvalue weighted by Gasteiger charge is 2.32. The number of anilines is 1. The van der Waals surface area contributed by atoms with Crippen LogP contribution in [0.4, 0.5) is 5.82 Å². The van der Waals surface area contributed by atoms with Gasteiger partial charge in [0.2, 0.25) is 0 Å². The van der Waals surface area contributed by atoms with E-state index in [0.717, 1.165) is 23.4 Å². The summed E-state index contributed by atoms with van der Waals surface area (Å²) in [7, 11) is 4.27. The number of pyridine rings is 1. The second-order valence-corrected chi connectivity index (χ2v) is 6.16. The first-order valence-corrected chi connectivity index (χ1v) is 6.88. The number of likely N-dealkylation sites (N-methyl/N-ethyl adjacent to an activating group) is 1. The Morgan fingerprint density at radius 2 is 2.18 bits per heavy atom. The zero-order valence-electron chi connectivity index (χ0n) is 10.3. The zero-order valence-corrected chi connectivity index (χ0v) is 12.7. The average Bonchev–Trinajstić information content (AvgIpc) is 2.60. The molecule has 0 aromatic carbocycles. The molecule has 2 rings (SSSR count). The van der Waals surface area contributed by atoms with Gasteiger partial charge < -0.3 is 9.80 Å². The van der Waals surface area contributed by atoms with Crippen molar-refractivity contribution in [3.8, 4) is 0 Å². The largest absolute Gasteiger partial charge is 0.354 e. The van der Waals surface area contributed by atoms with Crippen molar-refractivity contribution in [2.75, 3.05) is 32.1 Å². The Hall–Kier alpha value is -0.320. The third-order valence-corrected chi connectivity index (χ3v) is 4.11. The van der Waals surface area contributed by atoms with Crippen LogP contribution in [0.5, 0.6) is 0 Å². The quantitative estimate of drug-likeness (QED) is 0.836. The van der Waals surface area contributed by atoms with Gasteiger partial charge in [-0.1, -0.05) is 18.5 Å². The smallest absolute Gasteiger partial charge is 0.143 e. The first kappa shape index (κ1) is 13.1. The fourth-order valence-corrected chi connectivity index (χ4v) is 3.32. The second-order valence-electron chi connectivity index (χ2n) is 4.87. The lowest BCUT2D eigenvalue weighted by Crippen LogP contribution is -2.34. The Kier molecular flexibility index (Phi) is 3.95. The minimum atomic E-state index is 0.583. The molecule has 2 unspecified atom stereocenters. The van der Waals surface area contributed by atoms with Crippen LogP contribution in [0.25, 0.3) is 0 Å². The summed E-state index contributed by atoms with van der Waals surface area (Å²) in [6.07, 6.45) is 1.70. The van der Waals surface area contributed by atoms with E-state index in [1.807, 2.05) is 6.07 Å². The monoisotopic (exact) mass is 317 g/mol. The number of nitrogens with zero attached hydrogens (tertiary/aromatic N) is 3. The maximum atomic E-state index is 5.91. The molecule has 17 heavy (non-hydrogen) atoms. The molecule has 1 aliphatic heterocycles. The molecule has 0 aliphatic carbocycles. The number of rotatable bonds is 2. The van der Waals surface area contributed by atoms with E-state index in [2.05, 4.69) is 51.7 Å². The molecule has 0 spiro atoms. The predicted octanol–water partition coefficient (Wildman–Crippen LogP) is 2.88. The second kappa shape index (κ2) is 5.12. The molecule has 0 amide bonds. The van der Waals surface area contributed by atoms with Crippen molar-refractivity contribution in [1.29, 1.82) is 0 Å². The van der Waals surface area contributed by atoms with Crippen LogP contribution < -0.4 is 4.90 Å². The Morgan fingerprint density at radius 1 is 1.47 bits per heavy atom. The van der Waals surface area contributed by atoms with E-state index in [1.165, 1.54) is 0 Å². The summed E-state index contributed by atoms with van der Waals surface area (Å²) in [5.74, 6) is 1.64. The van der Waals surface area contributed by atoms with Crippen LogP contribution >= 0.6 is 27.5 Å². The van der Waals surface area contributed by atoms with Gasteiger partial charge in [-0.05, 0) is 42.0 Å². The minimum Gasteiger partial charge on any atom is -0.354 e. The van der Waals surface area contributed by atoms with Crippen LogP contribution in [0.1, 0.15) is 6.92 Å². The van der Waals surface area contributed by atoms with Crippen molar-refractivity contribution >= 4 is 33.3 Å². The highest BCUT2D eigenvalue weighted by molar-refractivity contribution is 9.10. The Morgan fingerprint density at radius 3 is 2.71 bits per heavy atom. The van der Waals surface area contributed by atoms with Gasteiger partial charge in [0, 0.05) is 25.3 Å². The van der Waals surface area contributed by atoms with Crippen LogP contribution in [0, 0.1) is 5.92 Å². The van der Waals surface area contributed by atoms with Crippen LogP contribution in [0.3, 0.4) is 0 Å². The van der Waals surface area contributed by atoms with Crippen LogP contribution in [-0.2, 0) is 0 Å². The summed E-state index contributed by atoms with van der Waals surface area (Å²) >= 11 is 9.44. The van der Waals surface area contributed by atoms with Crippen molar-refractivity contribution in [3.63, 3.8) is 0 Å². The first-order chi connectivity index (χ1) is 7.99. The van der Waals surface area contributed by atoms with Gasteiger partial charge >= 0.3 is 0 Å². The van der Waals surface area contributed by atoms with Crippen LogP contribution in [-0.4, -0.2) is 43.1 Å². The van der Waals surface area contributed by atoms with Crippen LogP contribution in [0.15, 0.2) is 16.7 Å². The summed E-state index contributed by atoms with van der Waals surface area (Å²) in [5.41, 5.74) is 0. The van der Waals surface area contributed by atoms with Crippen molar-refractivity contribution in [2.24, 2.45) is 5.92 Å². The highest BCUT2D eigenvalue weighted by atomic mass is 79.9. The lowest BCUT2D eigenvalue weighted by Gasteiger charge is -2.23. The van der Waals surface area contributed by atoms with Crippen molar-refractivity contribution in [2.45, 2.75) is 13.0 Å². The van der Waals surface area contributed by atoms with E-state index in [4.69, 9.17) is 11.6 Å². The number of halogens is 2. The van der Waals surface area contributed by atoms with Crippen molar-refractivity contribution in [3.05, 3.63) is 21.8 Å². The number of hydrogen-bond acceptors (Lipinski definition) is 3. The van der Waals surface area contributed by atoms with E-state index in [-0.39, 0.29) is 0 Å². The molecule has 2 heterocycles. The molecule has 3 nitrogen and oxygen atoms in total. The highest BCUT2D eigenvalue weighted by Crippen LogP contribution is 2.31. The van der Waals surface area contributed by atoms with Gasteiger partial charge in [-0.2, -0.15) is 0 Å². The van der Waals surface area contributed by atoms with Crippen molar-refractivity contribution < 1.29 is 0 Å². The molecule has 5 heteroatoms. The molecule has 1 aliphatic rings. The standard InChI is InChI=1S/C12H17BrClN3/c1-8-6-17(7-11(8)16(2)3)12-10(13)4-9(14)5-15-12/h4-5,8,11H,6-7H2,1-3H3. The maximum absolute atomic E-state index is 5.91. The zero-order chi connectivity index (χ0) is 12.6. The molecule has 0 saturated carbocycles. The lowest BCUT2D eigenvalue weighted by atomic mass is 10.1. The van der Waals surface area contributed by atoms with Gasteiger partial charge in [-0.25, -0.2) is 4.98 Å². The van der Waals surface area contributed by atoms with Crippen molar-refractivity contribution in [1.82, 2.24) is 9.88 Å². The topological polar surface area (TPSA) is 19.4 Å². The van der Waals surface area contributed by atoms with E-state index in [9.17, 15) is 0 Å². The molecule has 1 aromatic heterocycles. The molecule has 0 N–H and O–H groups in total. The maximum Gasteiger partial charge on any atom is 0.143 e. The molecule has 0 bridgehead atoms. The van der Waals surface area contributed by atoms with E-state index in [1.54, 1.807) is 6.20 Å². The SMILES string of the molecule is CC1CN(c2ncc(Cl)cc2Br)CC1N(C)C. The number of aromatic nitrogens is 1. The van der Waals surface area contributed by atoms with Gasteiger partial charge in [0.1, 0.15) is 5.82 Å². The Labute approximate surface area is 116 Å². The number of hydrogen-bond donors (Lipinski definition) is 0. The summed E-state index contributed by atoms with van der Waals surface area (Å²) in [6, 6.07) is 2.48. The van der Waals surface area contributed by atoms with Crippen LogP contribution in [0.2, 0.25) is 5.02 Å². The van der Waals surface area contributed by atoms with Gasteiger partial charge in [-0.3, -0.25) is 0 Å². The van der Waals surface area contributed by atoms with Gasteiger partial charge in [0.15, 0.2) is 0 Å². The fourth-order valence-electron chi connectivity index (χ4n) is 2.43. The molecule has 2 atom stereocenters. The Balaban J connectivity index is 2.19. The van der Waals surface area contributed by atoms with Gasteiger partial charge in [-0.15, -0.1) is 0 Å². The summed E-state index contributed by atoms with van der Waals surface area (Å²) in [6.45, 7) is 4.34. The van der Waals surface area contributed by atoms with E-state index < -0.39 is 0 Å².